The maximum atomic E-state index is 11.6. The second-order valence-corrected chi connectivity index (χ2v) is 7.02. The van der Waals surface area contributed by atoms with Crippen LogP contribution in [0.3, 0.4) is 0 Å². The van der Waals surface area contributed by atoms with E-state index in [0.29, 0.717) is 5.56 Å². The smallest absolute Gasteiger partial charge is 0.337 e. The number of ether oxygens (including phenoxy) is 1. The number of likely N-dealkylation sites (tertiary alicyclic amines) is 1. The third kappa shape index (κ3) is 3.16. The van der Waals surface area contributed by atoms with Crippen LogP contribution in [-0.4, -0.2) is 30.6 Å². The number of methoxy groups -OCH3 is 1. The van der Waals surface area contributed by atoms with Crippen LogP contribution in [0.15, 0.2) is 22.7 Å². The molecular weight excluding hydrogens is 330 g/mol. The maximum absolute atomic E-state index is 11.6. The Kier molecular flexibility index (Phi) is 4.65. The monoisotopic (exact) mass is 351 g/mol. The number of rotatable bonds is 3. The van der Waals surface area contributed by atoms with Crippen LogP contribution in [0.2, 0.25) is 0 Å². The van der Waals surface area contributed by atoms with Crippen molar-refractivity contribution < 1.29 is 9.53 Å². The van der Waals surface area contributed by atoms with Gasteiger partial charge in [0.2, 0.25) is 0 Å². The molecular formula is C17H22BrNO2. The van der Waals surface area contributed by atoms with Crippen molar-refractivity contribution in [3.63, 3.8) is 0 Å². The molecule has 114 valence electrons. The third-order valence-electron chi connectivity index (χ3n) is 4.97. The van der Waals surface area contributed by atoms with E-state index in [9.17, 15) is 4.79 Å². The van der Waals surface area contributed by atoms with E-state index in [-0.39, 0.29) is 5.97 Å². The number of hydrogen-bond donors (Lipinski definition) is 0. The second-order valence-electron chi connectivity index (χ2n) is 6.17. The van der Waals surface area contributed by atoms with Gasteiger partial charge in [-0.15, -0.1) is 0 Å². The first-order valence-electron chi connectivity index (χ1n) is 7.80. The number of carbonyl (C=O) groups is 1. The van der Waals surface area contributed by atoms with Crippen molar-refractivity contribution in [1.82, 2.24) is 4.90 Å². The molecule has 0 radical (unpaired) electrons. The Morgan fingerprint density at radius 3 is 2.90 bits per heavy atom. The van der Waals surface area contributed by atoms with E-state index < -0.39 is 0 Å². The molecule has 2 aliphatic rings. The van der Waals surface area contributed by atoms with Crippen LogP contribution in [0.4, 0.5) is 0 Å². The van der Waals surface area contributed by atoms with Crippen molar-refractivity contribution in [3.05, 3.63) is 33.8 Å². The molecule has 3 nitrogen and oxygen atoms in total. The molecule has 1 heterocycles. The average Bonchev–Trinajstić information content (AvgIpc) is 2.92. The molecule has 2 unspecified atom stereocenters. The Balaban J connectivity index is 1.71. The van der Waals surface area contributed by atoms with Gasteiger partial charge in [0.25, 0.3) is 0 Å². The fourth-order valence-electron chi connectivity index (χ4n) is 3.84. The van der Waals surface area contributed by atoms with Crippen LogP contribution in [0.5, 0.6) is 0 Å². The van der Waals surface area contributed by atoms with E-state index in [4.69, 9.17) is 4.74 Å². The average molecular weight is 352 g/mol. The number of carbonyl (C=O) groups excluding carboxylic acids is 1. The van der Waals surface area contributed by atoms with Crippen LogP contribution in [0.25, 0.3) is 0 Å². The van der Waals surface area contributed by atoms with Gasteiger partial charge in [-0.25, -0.2) is 4.79 Å². The fourth-order valence-corrected chi connectivity index (χ4v) is 4.34. The number of hydrogen-bond acceptors (Lipinski definition) is 3. The third-order valence-corrected chi connectivity index (χ3v) is 5.71. The van der Waals surface area contributed by atoms with Gasteiger partial charge in [0.1, 0.15) is 0 Å². The summed E-state index contributed by atoms with van der Waals surface area (Å²) in [5, 5.41) is 0. The molecule has 0 spiro atoms. The fraction of sp³-hybridized carbons (Fsp3) is 0.588. The minimum atomic E-state index is -0.282. The number of benzene rings is 1. The summed E-state index contributed by atoms with van der Waals surface area (Å²) in [6.45, 7) is 2.18. The Bertz CT molecular complexity index is 532. The molecule has 3 rings (SSSR count). The standard InChI is InChI=1S/C17H22BrNO2/c1-21-17(20)13-6-7-14(15(18)10-13)11-19-9-8-12-4-2-3-5-16(12)19/h6-7,10,12,16H,2-5,8-9,11H2,1H3. The van der Waals surface area contributed by atoms with Gasteiger partial charge < -0.3 is 4.74 Å². The second kappa shape index (κ2) is 6.49. The van der Waals surface area contributed by atoms with Gasteiger partial charge in [-0.2, -0.15) is 0 Å². The van der Waals surface area contributed by atoms with E-state index in [1.807, 2.05) is 18.2 Å². The van der Waals surface area contributed by atoms with E-state index in [0.717, 1.165) is 23.0 Å². The van der Waals surface area contributed by atoms with Crippen molar-refractivity contribution in [3.8, 4) is 0 Å². The van der Waals surface area contributed by atoms with Gasteiger partial charge in [-0.1, -0.05) is 34.8 Å². The molecule has 2 fully saturated rings. The molecule has 1 aliphatic carbocycles. The highest BCUT2D eigenvalue weighted by Gasteiger charge is 2.35. The lowest BCUT2D eigenvalue weighted by atomic mass is 9.85. The lowest BCUT2D eigenvalue weighted by Crippen LogP contribution is -2.34. The van der Waals surface area contributed by atoms with Gasteiger partial charge in [-0.3, -0.25) is 4.90 Å². The number of fused-ring (bicyclic) bond motifs is 1. The number of halogens is 1. The summed E-state index contributed by atoms with van der Waals surface area (Å²) in [5.74, 6) is 0.627. The van der Waals surface area contributed by atoms with E-state index >= 15 is 0 Å². The Hall–Kier alpha value is -0.870. The first-order chi connectivity index (χ1) is 10.2. The highest BCUT2D eigenvalue weighted by molar-refractivity contribution is 9.10. The Labute approximate surface area is 134 Å². The van der Waals surface area contributed by atoms with Crippen molar-refractivity contribution in [2.45, 2.75) is 44.7 Å². The van der Waals surface area contributed by atoms with Crippen LogP contribution < -0.4 is 0 Å². The van der Waals surface area contributed by atoms with Crippen LogP contribution >= 0.6 is 15.9 Å². The van der Waals surface area contributed by atoms with Gasteiger partial charge in [0, 0.05) is 17.1 Å². The van der Waals surface area contributed by atoms with E-state index in [2.05, 4.69) is 20.8 Å². The topological polar surface area (TPSA) is 29.5 Å². The predicted octanol–water partition coefficient (Wildman–Crippen LogP) is 4.00. The normalized spacial score (nSPS) is 25.6. The first kappa shape index (κ1) is 15.0. The summed E-state index contributed by atoms with van der Waals surface area (Å²) < 4.78 is 5.77. The SMILES string of the molecule is COC(=O)c1ccc(CN2CCC3CCCCC32)c(Br)c1. The zero-order valence-corrected chi connectivity index (χ0v) is 14.1. The highest BCUT2D eigenvalue weighted by Crippen LogP contribution is 2.37. The molecule has 1 aromatic rings. The van der Waals surface area contributed by atoms with Gasteiger partial charge in [-0.05, 0) is 49.4 Å². The van der Waals surface area contributed by atoms with E-state index in [1.54, 1.807) is 0 Å². The Morgan fingerprint density at radius 1 is 1.33 bits per heavy atom. The Morgan fingerprint density at radius 2 is 2.14 bits per heavy atom. The van der Waals surface area contributed by atoms with Crippen LogP contribution in [-0.2, 0) is 11.3 Å². The van der Waals surface area contributed by atoms with E-state index in [1.165, 1.54) is 51.3 Å². The first-order valence-corrected chi connectivity index (χ1v) is 8.59. The summed E-state index contributed by atoms with van der Waals surface area (Å²) in [4.78, 5) is 14.2. The van der Waals surface area contributed by atoms with Crippen molar-refractivity contribution in [1.29, 1.82) is 0 Å². The molecule has 0 N–H and O–H groups in total. The van der Waals surface area contributed by atoms with Gasteiger partial charge in [0.15, 0.2) is 0 Å². The predicted molar refractivity (Wildman–Crippen MR) is 86.3 cm³/mol. The molecule has 1 aromatic carbocycles. The molecule has 2 atom stereocenters. The molecule has 1 saturated carbocycles. The van der Waals surface area contributed by atoms with Crippen molar-refractivity contribution >= 4 is 21.9 Å². The molecule has 0 amide bonds. The van der Waals surface area contributed by atoms with Crippen LogP contribution in [0, 0.1) is 5.92 Å². The summed E-state index contributed by atoms with van der Waals surface area (Å²) >= 11 is 3.61. The molecule has 0 bridgehead atoms. The summed E-state index contributed by atoms with van der Waals surface area (Å²) in [6.07, 6.45) is 6.89. The van der Waals surface area contributed by atoms with Gasteiger partial charge in [0.05, 0.1) is 12.7 Å². The lowest BCUT2D eigenvalue weighted by Gasteiger charge is -2.32. The zero-order valence-electron chi connectivity index (χ0n) is 12.5. The minimum Gasteiger partial charge on any atom is -0.465 e. The molecule has 4 heteroatoms. The summed E-state index contributed by atoms with van der Waals surface area (Å²) in [6, 6.07) is 6.55. The highest BCUT2D eigenvalue weighted by atomic mass is 79.9. The minimum absolute atomic E-state index is 0.282. The quantitative estimate of drug-likeness (QED) is 0.770. The van der Waals surface area contributed by atoms with Crippen LogP contribution in [0.1, 0.15) is 48.0 Å². The summed E-state index contributed by atoms with van der Waals surface area (Å²) in [7, 11) is 1.41. The number of esters is 1. The van der Waals surface area contributed by atoms with Gasteiger partial charge >= 0.3 is 5.97 Å². The molecule has 21 heavy (non-hydrogen) atoms. The lowest BCUT2D eigenvalue weighted by molar-refractivity contribution is 0.0600. The van der Waals surface area contributed by atoms with Crippen molar-refractivity contribution in [2.75, 3.05) is 13.7 Å². The molecule has 0 aromatic heterocycles. The van der Waals surface area contributed by atoms with Crippen molar-refractivity contribution in [2.24, 2.45) is 5.92 Å². The summed E-state index contributed by atoms with van der Waals surface area (Å²) in [5.41, 5.74) is 1.86. The molecule has 1 saturated heterocycles. The molecule has 1 aliphatic heterocycles. The zero-order chi connectivity index (χ0) is 14.8. The largest absolute Gasteiger partial charge is 0.465 e. The number of nitrogens with zero attached hydrogens (tertiary/aromatic N) is 1. The maximum Gasteiger partial charge on any atom is 0.337 e.